The van der Waals surface area contributed by atoms with Crippen molar-refractivity contribution in [1.29, 1.82) is 0 Å². The van der Waals surface area contributed by atoms with E-state index in [0.717, 1.165) is 10.2 Å². The molecule has 0 radical (unpaired) electrons. The van der Waals surface area contributed by atoms with Crippen molar-refractivity contribution in [2.45, 2.75) is 32.0 Å². The largest absolute Gasteiger partial charge is 0.443 e. The topological polar surface area (TPSA) is 99.5 Å². The summed E-state index contributed by atoms with van der Waals surface area (Å²) in [7, 11) is 0. The predicted octanol–water partition coefficient (Wildman–Crippen LogP) is 0.949. The van der Waals surface area contributed by atoms with Crippen molar-refractivity contribution >= 4 is 12.1 Å². The summed E-state index contributed by atoms with van der Waals surface area (Å²) >= 11 is 0. The van der Waals surface area contributed by atoms with Gasteiger partial charge in [0.1, 0.15) is 11.2 Å². The minimum atomic E-state index is -1.60. The zero-order chi connectivity index (χ0) is 18.0. The van der Waals surface area contributed by atoms with E-state index in [9.17, 15) is 19.8 Å². The maximum absolute atomic E-state index is 12.3. The third-order valence-electron chi connectivity index (χ3n) is 3.24. The van der Waals surface area contributed by atoms with Gasteiger partial charge in [-0.05, 0) is 38.1 Å². The molecule has 132 valence electrons. The van der Waals surface area contributed by atoms with Gasteiger partial charge in [0, 0.05) is 0 Å². The number of aliphatic hydroxyl groups is 2. The van der Waals surface area contributed by atoms with Gasteiger partial charge in [-0.2, -0.15) is 0 Å². The number of β-amino-alcohol motifs (C(OH)–C–C–N with tert-alkyl or cyclic N) is 1. The van der Waals surface area contributed by atoms with Crippen LogP contribution in [0.4, 0.5) is 4.79 Å². The molecule has 2 rings (SSSR count). The minimum absolute atomic E-state index is 0.249. The van der Waals surface area contributed by atoms with Crippen molar-refractivity contribution < 1.29 is 29.4 Å². The molecule has 1 atom stereocenters. The van der Waals surface area contributed by atoms with Crippen LogP contribution in [-0.4, -0.2) is 63.4 Å². The van der Waals surface area contributed by atoms with E-state index < -0.39 is 29.9 Å². The molecule has 0 saturated carbocycles. The second-order valence-corrected chi connectivity index (χ2v) is 6.68. The monoisotopic (exact) mass is 338 g/mol. The molecule has 1 aromatic rings. The average molecular weight is 338 g/mol. The molecule has 0 aromatic heterocycles. The highest BCUT2D eigenvalue weighted by Gasteiger charge is 2.47. The van der Waals surface area contributed by atoms with Gasteiger partial charge in [0.25, 0.3) is 0 Å². The molecule has 1 unspecified atom stereocenters. The fourth-order valence-corrected chi connectivity index (χ4v) is 2.12. The van der Waals surface area contributed by atoms with Crippen LogP contribution in [0.15, 0.2) is 30.3 Å². The Morgan fingerprint density at radius 2 is 1.83 bits per heavy atom. The van der Waals surface area contributed by atoms with Gasteiger partial charge >= 0.3 is 12.1 Å². The normalized spacial score (nSPS) is 21.6. The number of benzene rings is 1. The fourth-order valence-electron chi connectivity index (χ4n) is 2.12. The van der Waals surface area contributed by atoms with Crippen molar-refractivity contribution in [2.24, 2.45) is 0 Å². The van der Waals surface area contributed by atoms with E-state index in [1.165, 1.54) is 0 Å². The summed E-state index contributed by atoms with van der Waals surface area (Å²) in [6.45, 7) is 3.99. The van der Waals surface area contributed by atoms with Crippen molar-refractivity contribution in [3.63, 3.8) is 0 Å². The van der Waals surface area contributed by atoms with Gasteiger partial charge in [-0.1, -0.05) is 18.2 Å². The van der Waals surface area contributed by atoms with Crippen molar-refractivity contribution in [1.82, 2.24) is 10.2 Å². The number of ether oxygens (including phenoxy) is 1. The summed E-state index contributed by atoms with van der Waals surface area (Å²) in [5.74, 6) is -0.689. The van der Waals surface area contributed by atoms with Gasteiger partial charge in [-0.3, -0.25) is 0 Å². The number of amides is 1. The second kappa shape index (κ2) is 6.76. The van der Waals surface area contributed by atoms with Gasteiger partial charge in [0.15, 0.2) is 0 Å². The number of nitrogens with zero attached hydrogens (tertiary/aromatic N) is 2. The standard InChI is InChI=1S/C16H22N2O6/c1-15(2,3)23-14(21)17-9-16(22,11-19)10-18(17)24-13(20)12-7-5-4-6-8-12/h4-8,19,22H,9-11H2,1-3H3. The lowest BCUT2D eigenvalue weighted by atomic mass is 10.1. The smallest absolute Gasteiger partial charge is 0.427 e. The van der Waals surface area contributed by atoms with Crippen molar-refractivity contribution in [3.05, 3.63) is 35.9 Å². The van der Waals surface area contributed by atoms with Gasteiger partial charge < -0.3 is 19.8 Å². The van der Waals surface area contributed by atoms with Crippen LogP contribution in [0.3, 0.4) is 0 Å². The van der Waals surface area contributed by atoms with Crippen LogP contribution < -0.4 is 0 Å². The van der Waals surface area contributed by atoms with E-state index in [2.05, 4.69) is 0 Å². The second-order valence-electron chi connectivity index (χ2n) is 6.68. The van der Waals surface area contributed by atoms with E-state index in [1.807, 2.05) is 0 Å². The lowest BCUT2D eigenvalue weighted by molar-refractivity contribution is -0.207. The SMILES string of the molecule is CC(C)(C)OC(=O)N1CC(O)(CO)CN1OC(=O)c1ccccc1. The highest BCUT2D eigenvalue weighted by molar-refractivity contribution is 5.89. The average Bonchev–Trinajstić information content (AvgIpc) is 2.84. The summed E-state index contributed by atoms with van der Waals surface area (Å²) < 4.78 is 5.24. The molecule has 1 aliphatic rings. The van der Waals surface area contributed by atoms with Gasteiger partial charge in [0.2, 0.25) is 0 Å². The molecule has 2 N–H and O–H groups in total. The van der Waals surface area contributed by atoms with Crippen LogP contribution in [0.1, 0.15) is 31.1 Å². The Bertz CT molecular complexity index is 600. The molecule has 8 heteroatoms. The summed E-state index contributed by atoms with van der Waals surface area (Å²) in [5, 5.41) is 21.4. The van der Waals surface area contributed by atoms with Crippen LogP contribution in [0, 0.1) is 0 Å². The molecule has 1 heterocycles. The number of hydrazine groups is 1. The highest BCUT2D eigenvalue weighted by Crippen LogP contribution is 2.24. The van der Waals surface area contributed by atoms with Crippen LogP contribution in [0.25, 0.3) is 0 Å². The predicted molar refractivity (Wildman–Crippen MR) is 83.5 cm³/mol. The van der Waals surface area contributed by atoms with E-state index in [4.69, 9.17) is 9.57 Å². The first-order valence-corrected chi connectivity index (χ1v) is 7.52. The number of rotatable bonds is 3. The Morgan fingerprint density at radius 3 is 2.38 bits per heavy atom. The first kappa shape index (κ1) is 18.2. The molecule has 1 fully saturated rings. The molecule has 1 aromatic carbocycles. The van der Waals surface area contributed by atoms with E-state index >= 15 is 0 Å². The van der Waals surface area contributed by atoms with Gasteiger partial charge in [-0.25, -0.2) is 14.6 Å². The Morgan fingerprint density at radius 1 is 1.21 bits per heavy atom. The maximum Gasteiger partial charge on any atom is 0.427 e. The molecule has 8 nitrogen and oxygen atoms in total. The number of carbonyl (C=O) groups excluding carboxylic acids is 2. The quantitative estimate of drug-likeness (QED) is 0.846. The minimum Gasteiger partial charge on any atom is -0.443 e. The lowest BCUT2D eigenvalue weighted by Gasteiger charge is -2.28. The Hall–Kier alpha value is -2.16. The molecular weight excluding hydrogens is 316 g/mol. The molecule has 1 amide bonds. The summed E-state index contributed by atoms with van der Waals surface area (Å²) in [4.78, 5) is 29.6. The number of hydrogen-bond acceptors (Lipinski definition) is 7. The molecule has 0 spiro atoms. The summed E-state index contributed by atoms with van der Waals surface area (Å²) in [5.41, 5.74) is -2.07. The summed E-state index contributed by atoms with van der Waals surface area (Å²) in [6, 6.07) is 8.24. The van der Waals surface area contributed by atoms with Crippen LogP contribution >= 0.6 is 0 Å². The van der Waals surface area contributed by atoms with Crippen LogP contribution in [0.2, 0.25) is 0 Å². The van der Waals surface area contributed by atoms with Crippen LogP contribution in [-0.2, 0) is 9.57 Å². The van der Waals surface area contributed by atoms with Crippen LogP contribution in [0.5, 0.6) is 0 Å². The molecule has 0 bridgehead atoms. The summed E-state index contributed by atoms with van der Waals surface area (Å²) in [6.07, 6.45) is -0.785. The molecule has 24 heavy (non-hydrogen) atoms. The molecule has 0 aliphatic carbocycles. The lowest BCUT2D eigenvalue weighted by Crippen LogP contribution is -2.45. The first-order chi connectivity index (χ1) is 11.1. The van der Waals surface area contributed by atoms with Gasteiger partial charge in [0.05, 0.1) is 25.3 Å². The van der Waals surface area contributed by atoms with Crippen molar-refractivity contribution in [3.8, 4) is 0 Å². The number of aliphatic hydroxyl groups excluding tert-OH is 1. The third kappa shape index (κ3) is 4.44. The zero-order valence-electron chi connectivity index (χ0n) is 13.9. The fraction of sp³-hybridized carbons (Fsp3) is 0.500. The van der Waals surface area contributed by atoms with E-state index in [0.29, 0.717) is 5.56 Å². The molecule has 1 aliphatic heterocycles. The molecular formula is C16H22N2O6. The van der Waals surface area contributed by atoms with Crippen molar-refractivity contribution in [2.75, 3.05) is 19.7 Å². The molecule has 1 saturated heterocycles. The van der Waals surface area contributed by atoms with E-state index in [-0.39, 0.29) is 13.1 Å². The Balaban J connectivity index is 2.15. The number of carbonyl (C=O) groups is 2. The maximum atomic E-state index is 12.3. The van der Waals surface area contributed by atoms with Gasteiger partial charge in [-0.15, -0.1) is 0 Å². The zero-order valence-corrected chi connectivity index (χ0v) is 13.9. The number of hydrogen-bond donors (Lipinski definition) is 2. The van der Waals surface area contributed by atoms with E-state index in [1.54, 1.807) is 51.1 Å². The third-order valence-corrected chi connectivity index (χ3v) is 3.24. The highest BCUT2D eigenvalue weighted by atomic mass is 16.8. The first-order valence-electron chi connectivity index (χ1n) is 7.52. The Labute approximate surface area is 140 Å². The Kier molecular flexibility index (Phi) is 5.12. The number of hydroxylamine groups is 1.